The van der Waals surface area contributed by atoms with E-state index in [1.54, 1.807) is 12.3 Å². The average molecular weight is 258 g/mol. The minimum Gasteiger partial charge on any atom is -0.507 e. The van der Waals surface area contributed by atoms with Gasteiger partial charge in [0.2, 0.25) is 0 Å². The Labute approximate surface area is 89.4 Å². The topological polar surface area (TPSA) is 59.4 Å². The number of aliphatic hydroxyl groups is 1. The summed E-state index contributed by atoms with van der Waals surface area (Å²) < 4.78 is 5.09. The number of ether oxygens (including phenoxy) is 1. The van der Waals surface area contributed by atoms with E-state index in [2.05, 4.69) is 25.7 Å². The first-order valence-electron chi connectivity index (χ1n) is 3.73. The van der Waals surface area contributed by atoms with Gasteiger partial charge in [0.15, 0.2) is 0 Å². The Bertz CT molecular complexity index is 376. The molecule has 0 aliphatic carbocycles. The van der Waals surface area contributed by atoms with Gasteiger partial charge in [-0.05, 0) is 22.0 Å². The lowest BCUT2D eigenvalue weighted by molar-refractivity contribution is -0.134. The van der Waals surface area contributed by atoms with E-state index in [9.17, 15) is 9.90 Å². The Balaban J connectivity index is 2.94. The number of hydrogen-bond donors (Lipinski definition) is 1. The summed E-state index contributed by atoms with van der Waals surface area (Å²) in [6, 6.07) is 1.64. The molecule has 1 N–H and O–H groups in total. The molecule has 0 aliphatic heterocycles. The zero-order chi connectivity index (χ0) is 10.6. The first kappa shape index (κ1) is 10.7. The van der Waals surface area contributed by atoms with Crippen LogP contribution in [0.2, 0.25) is 0 Å². The van der Waals surface area contributed by atoms with Gasteiger partial charge in [0.25, 0.3) is 0 Å². The maximum atomic E-state index is 10.8. The molecule has 14 heavy (non-hydrogen) atoms. The molecule has 0 spiro atoms. The fourth-order valence-electron chi connectivity index (χ4n) is 0.806. The third kappa shape index (κ3) is 2.85. The van der Waals surface area contributed by atoms with Gasteiger partial charge >= 0.3 is 5.97 Å². The van der Waals surface area contributed by atoms with Crippen molar-refractivity contribution in [3.05, 3.63) is 34.6 Å². The van der Waals surface area contributed by atoms with Gasteiger partial charge < -0.3 is 9.84 Å². The van der Waals surface area contributed by atoms with Crippen molar-refractivity contribution >= 4 is 27.7 Å². The van der Waals surface area contributed by atoms with Crippen LogP contribution in [0, 0.1) is 0 Å². The van der Waals surface area contributed by atoms with Crippen molar-refractivity contribution in [1.29, 1.82) is 0 Å². The van der Waals surface area contributed by atoms with Crippen molar-refractivity contribution in [2.45, 2.75) is 0 Å². The molecule has 0 aromatic carbocycles. The smallest absolute Gasteiger partial charge is 0.334 e. The van der Waals surface area contributed by atoms with Crippen molar-refractivity contribution in [2.24, 2.45) is 0 Å². The number of halogens is 1. The van der Waals surface area contributed by atoms with Gasteiger partial charge in [-0.1, -0.05) is 0 Å². The minimum absolute atomic E-state index is 0.175. The SMILES string of the molecule is COC(=O)/C=C(\O)c1cncc(Br)c1. The maximum absolute atomic E-state index is 10.8. The Morgan fingerprint density at radius 3 is 2.93 bits per heavy atom. The summed E-state index contributed by atoms with van der Waals surface area (Å²) in [6.07, 6.45) is 4.01. The summed E-state index contributed by atoms with van der Waals surface area (Å²) >= 11 is 3.20. The number of hydrogen-bond acceptors (Lipinski definition) is 4. The van der Waals surface area contributed by atoms with E-state index in [4.69, 9.17) is 0 Å². The van der Waals surface area contributed by atoms with E-state index in [1.807, 2.05) is 0 Å². The Morgan fingerprint density at radius 2 is 2.36 bits per heavy atom. The predicted octanol–water partition coefficient (Wildman–Crippen LogP) is 1.92. The van der Waals surface area contributed by atoms with Crippen molar-refractivity contribution in [2.75, 3.05) is 7.11 Å². The lowest BCUT2D eigenvalue weighted by Gasteiger charge is -1.99. The molecule has 1 rings (SSSR count). The van der Waals surface area contributed by atoms with Crippen molar-refractivity contribution in [1.82, 2.24) is 4.98 Å². The summed E-state index contributed by atoms with van der Waals surface area (Å²) in [5, 5.41) is 9.45. The van der Waals surface area contributed by atoms with E-state index in [0.717, 1.165) is 10.5 Å². The molecular weight excluding hydrogens is 250 g/mol. The molecule has 0 atom stereocenters. The van der Waals surface area contributed by atoms with E-state index in [-0.39, 0.29) is 5.76 Å². The van der Waals surface area contributed by atoms with Crippen LogP contribution in [0.5, 0.6) is 0 Å². The number of carbonyl (C=O) groups is 1. The summed E-state index contributed by atoms with van der Waals surface area (Å²) in [7, 11) is 1.24. The number of methoxy groups -OCH3 is 1. The summed E-state index contributed by atoms with van der Waals surface area (Å²) in [5.41, 5.74) is 0.449. The highest BCUT2D eigenvalue weighted by molar-refractivity contribution is 9.10. The molecule has 1 aromatic heterocycles. The first-order valence-corrected chi connectivity index (χ1v) is 4.52. The second-order valence-corrected chi connectivity index (χ2v) is 3.36. The second kappa shape index (κ2) is 4.76. The van der Waals surface area contributed by atoms with Crippen LogP contribution in [-0.2, 0) is 9.53 Å². The molecule has 0 saturated heterocycles. The number of esters is 1. The number of aromatic nitrogens is 1. The monoisotopic (exact) mass is 257 g/mol. The molecule has 1 heterocycles. The highest BCUT2D eigenvalue weighted by Gasteiger charge is 2.03. The van der Waals surface area contributed by atoms with Gasteiger partial charge in [0, 0.05) is 22.4 Å². The van der Waals surface area contributed by atoms with Crippen LogP contribution in [0.15, 0.2) is 29.0 Å². The lowest BCUT2D eigenvalue weighted by Crippen LogP contribution is -1.97. The van der Waals surface area contributed by atoms with E-state index in [1.165, 1.54) is 13.3 Å². The molecule has 1 aromatic rings. The van der Waals surface area contributed by atoms with Crippen molar-refractivity contribution in [3.63, 3.8) is 0 Å². The summed E-state index contributed by atoms with van der Waals surface area (Å²) in [4.78, 5) is 14.6. The first-order chi connectivity index (χ1) is 6.63. The van der Waals surface area contributed by atoms with Crippen molar-refractivity contribution < 1.29 is 14.6 Å². The minimum atomic E-state index is -0.609. The fourth-order valence-corrected chi connectivity index (χ4v) is 1.17. The number of nitrogens with zero attached hydrogens (tertiary/aromatic N) is 1. The number of pyridine rings is 1. The van der Waals surface area contributed by atoms with Crippen LogP contribution in [0.3, 0.4) is 0 Å². The molecule has 4 nitrogen and oxygen atoms in total. The largest absolute Gasteiger partial charge is 0.507 e. The summed E-state index contributed by atoms with van der Waals surface area (Å²) in [6.45, 7) is 0. The van der Waals surface area contributed by atoms with E-state index >= 15 is 0 Å². The molecule has 0 bridgehead atoms. The van der Waals surface area contributed by atoms with Gasteiger partial charge in [0.1, 0.15) is 5.76 Å². The number of rotatable bonds is 2. The fraction of sp³-hybridized carbons (Fsp3) is 0.111. The van der Waals surface area contributed by atoms with Crippen LogP contribution in [-0.4, -0.2) is 23.2 Å². The highest BCUT2D eigenvalue weighted by atomic mass is 79.9. The molecule has 0 amide bonds. The van der Waals surface area contributed by atoms with Gasteiger partial charge in [-0.25, -0.2) is 4.79 Å². The Morgan fingerprint density at radius 1 is 1.64 bits per heavy atom. The molecule has 0 saturated carbocycles. The zero-order valence-corrected chi connectivity index (χ0v) is 8.98. The number of carbonyl (C=O) groups excluding carboxylic acids is 1. The number of aliphatic hydroxyl groups excluding tert-OH is 1. The predicted molar refractivity (Wildman–Crippen MR) is 54.6 cm³/mol. The molecule has 0 fully saturated rings. The van der Waals surface area contributed by atoms with Crippen LogP contribution >= 0.6 is 15.9 Å². The van der Waals surface area contributed by atoms with Crippen LogP contribution in [0.1, 0.15) is 5.56 Å². The standard InChI is InChI=1S/C9H8BrNO3/c1-14-9(13)3-8(12)6-2-7(10)5-11-4-6/h2-5,12H,1H3/b8-3-. The lowest BCUT2D eigenvalue weighted by atomic mass is 10.2. The third-order valence-corrected chi connectivity index (χ3v) is 1.89. The van der Waals surface area contributed by atoms with Gasteiger partial charge in [-0.15, -0.1) is 0 Å². The zero-order valence-electron chi connectivity index (χ0n) is 7.40. The Kier molecular flexibility index (Phi) is 3.64. The molecule has 0 unspecified atom stereocenters. The average Bonchev–Trinajstić information content (AvgIpc) is 2.17. The molecule has 5 heteroatoms. The van der Waals surface area contributed by atoms with Crippen molar-refractivity contribution in [3.8, 4) is 0 Å². The molecular formula is C9H8BrNO3. The van der Waals surface area contributed by atoms with Gasteiger partial charge in [0.05, 0.1) is 13.2 Å². The maximum Gasteiger partial charge on any atom is 0.334 e. The summed E-state index contributed by atoms with van der Waals surface area (Å²) in [5.74, 6) is -0.784. The normalized spacial score (nSPS) is 11.1. The Hall–Kier alpha value is -1.36. The molecule has 0 aliphatic rings. The van der Waals surface area contributed by atoms with E-state index in [0.29, 0.717) is 5.56 Å². The highest BCUT2D eigenvalue weighted by Crippen LogP contribution is 2.15. The second-order valence-electron chi connectivity index (χ2n) is 2.44. The van der Waals surface area contributed by atoms with Gasteiger partial charge in [-0.3, -0.25) is 4.98 Å². The quantitative estimate of drug-likeness (QED) is 0.500. The third-order valence-electron chi connectivity index (χ3n) is 1.46. The van der Waals surface area contributed by atoms with Crippen LogP contribution < -0.4 is 0 Å². The van der Waals surface area contributed by atoms with Crippen LogP contribution in [0.25, 0.3) is 5.76 Å². The molecule has 0 radical (unpaired) electrons. The van der Waals surface area contributed by atoms with E-state index < -0.39 is 5.97 Å². The molecule has 74 valence electrons. The van der Waals surface area contributed by atoms with Crippen LogP contribution in [0.4, 0.5) is 0 Å². The van der Waals surface area contributed by atoms with Gasteiger partial charge in [-0.2, -0.15) is 0 Å².